The second kappa shape index (κ2) is 4.21. The first-order valence-electron chi connectivity index (χ1n) is 3.90. The maximum absolute atomic E-state index is 10.8. The van der Waals surface area contributed by atoms with Gasteiger partial charge in [0.05, 0.1) is 6.04 Å². The lowest BCUT2D eigenvalue weighted by atomic mass is 10.2. The van der Waals surface area contributed by atoms with Crippen molar-refractivity contribution in [3.8, 4) is 0 Å². The van der Waals surface area contributed by atoms with E-state index in [0.717, 1.165) is 11.4 Å². The molecule has 1 heterocycles. The first kappa shape index (κ1) is 9.19. The average molecular weight is 184 g/mol. The molecule has 1 N–H and O–H groups in total. The molecule has 0 saturated heterocycles. The van der Waals surface area contributed by atoms with Crippen LogP contribution in [-0.4, -0.2) is 10.9 Å². The van der Waals surface area contributed by atoms with Crippen molar-refractivity contribution in [2.24, 2.45) is 0 Å². The van der Waals surface area contributed by atoms with Gasteiger partial charge in [0.15, 0.2) is 0 Å². The lowest BCUT2D eigenvalue weighted by molar-refractivity contribution is -0.119. The summed E-state index contributed by atoms with van der Waals surface area (Å²) in [5.41, 5.74) is 0. The van der Waals surface area contributed by atoms with Crippen LogP contribution in [0.4, 0.5) is 0 Å². The van der Waals surface area contributed by atoms with Crippen LogP contribution in [0.5, 0.6) is 0 Å². The number of hydrogen-bond donors (Lipinski definition) is 1. The second-order valence-corrected chi connectivity index (χ2v) is 3.46. The molecular weight excluding hydrogens is 172 g/mol. The van der Waals surface area contributed by atoms with Gasteiger partial charge in [0.25, 0.3) is 0 Å². The highest BCUT2D eigenvalue weighted by Gasteiger charge is 2.11. The van der Waals surface area contributed by atoms with Crippen molar-refractivity contribution in [1.82, 2.24) is 10.3 Å². The molecule has 0 radical (unpaired) electrons. The zero-order valence-electron chi connectivity index (χ0n) is 7.20. The predicted octanol–water partition coefficient (Wildman–Crippen LogP) is 1.73. The maximum Gasteiger partial charge on any atom is 0.217 e. The maximum atomic E-state index is 10.8. The smallest absolute Gasteiger partial charge is 0.217 e. The minimum absolute atomic E-state index is 0.00273. The van der Waals surface area contributed by atoms with Gasteiger partial charge in [-0.05, 0) is 6.42 Å². The van der Waals surface area contributed by atoms with Crippen LogP contribution in [0.3, 0.4) is 0 Å². The standard InChI is InChI=1S/C8H12N2OS/c1-3-7(10-6(2)11)8-9-4-5-12-8/h4-5,7H,3H2,1-2H3,(H,10,11). The molecule has 3 nitrogen and oxygen atoms in total. The molecule has 1 aromatic heterocycles. The van der Waals surface area contributed by atoms with Gasteiger partial charge in [-0.3, -0.25) is 4.79 Å². The van der Waals surface area contributed by atoms with Gasteiger partial charge in [-0.1, -0.05) is 6.92 Å². The Morgan fingerprint density at radius 1 is 1.83 bits per heavy atom. The number of nitrogens with one attached hydrogen (secondary N) is 1. The van der Waals surface area contributed by atoms with E-state index in [4.69, 9.17) is 0 Å². The fraction of sp³-hybridized carbons (Fsp3) is 0.500. The van der Waals surface area contributed by atoms with E-state index in [2.05, 4.69) is 10.3 Å². The molecule has 0 spiro atoms. The lowest BCUT2D eigenvalue weighted by Crippen LogP contribution is -2.25. The Morgan fingerprint density at radius 2 is 2.58 bits per heavy atom. The fourth-order valence-electron chi connectivity index (χ4n) is 0.990. The quantitative estimate of drug-likeness (QED) is 0.777. The molecule has 0 aliphatic rings. The van der Waals surface area contributed by atoms with Gasteiger partial charge in [-0.2, -0.15) is 0 Å². The number of amides is 1. The Bertz CT molecular complexity index is 246. The molecule has 1 amide bonds. The van der Waals surface area contributed by atoms with Crippen molar-refractivity contribution in [1.29, 1.82) is 0 Å². The van der Waals surface area contributed by atoms with E-state index < -0.39 is 0 Å². The van der Waals surface area contributed by atoms with Gasteiger partial charge in [0, 0.05) is 18.5 Å². The number of nitrogens with zero attached hydrogens (tertiary/aromatic N) is 1. The largest absolute Gasteiger partial charge is 0.347 e. The van der Waals surface area contributed by atoms with Gasteiger partial charge >= 0.3 is 0 Å². The van der Waals surface area contributed by atoms with E-state index in [-0.39, 0.29) is 11.9 Å². The van der Waals surface area contributed by atoms with Crippen LogP contribution in [0.2, 0.25) is 0 Å². The molecule has 0 aliphatic heterocycles. The summed E-state index contributed by atoms with van der Waals surface area (Å²) in [6.45, 7) is 3.55. The van der Waals surface area contributed by atoms with Crippen molar-refractivity contribution < 1.29 is 4.79 Å². The summed E-state index contributed by atoms with van der Waals surface area (Å²) in [4.78, 5) is 14.9. The molecule has 1 unspecified atom stereocenters. The van der Waals surface area contributed by atoms with Gasteiger partial charge in [-0.15, -0.1) is 11.3 Å². The number of thiazole rings is 1. The highest BCUT2D eigenvalue weighted by atomic mass is 32.1. The van der Waals surface area contributed by atoms with Crippen LogP contribution in [0.25, 0.3) is 0 Å². The Morgan fingerprint density at radius 3 is 3.00 bits per heavy atom. The summed E-state index contributed by atoms with van der Waals surface area (Å²) in [6, 6.07) is 0.0856. The summed E-state index contributed by atoms with van der Waals surface area (Å²) < 4.78 is 0. The first-order chi connectivity index (χ1) is 5.74. The van der Waals surface area contributed by atoms with Crippen molar-refractivity contribution in [3.63, 3.8) is 0 Å². The van der Waals surface area contributed by atoms with E-state index in [9.17, 15) is 4.79 Å². The molecule has 0 aliphatic carbocycles. The lowest BCUT2D eigenvalue weighted by Gasteiger charge is -2.11. The summed E-state index contributed by atoms with van der Waals surface area (Å²) >= 11 is 1.57. The number of hydrogen-bond acceptors (Lipinski definition) is 3. The molecule has 0 fully saturated rings. The topological polar surface area (TPSA) is 42.0 Å². The number of aromatic nitrogens is 1. The van der Waals surface area contributed by atoms with Gasteiger partial charge in [0.2, 0.25) is 5.91 Å². The van der Waals surface area contributed by atoms with Crippen LogP contribution in [0, 0.1) is 0 Å². The van der Waals surface area contributed by atoms with E-state index in [1.165, 1.54) is 6.92 Å². The Hall–Kier alpha value is -0.900. The van der Waals surface area contributed by atoms with Gasteiger partial charge < -0.3 is 5.32 Å². The summed E-state index contributed by atoms with van der Waals surface area (Å²) in [5, 5.41) is 5.74. The molecule has 1 rings (SSSR count). The second-order valence-electron chi connectivity index (χ2n) is 2.53. The minimum Gasteiger partial charge on any atom is -0.347 e. The average Bonchev–Trinajstić information content (AvgIpc) is 2.51. The molecule has 0 aromatic carbocycles. The fourth-order valence-corrected chi connectivity index (χ4v) is 1.76. The van der Waals surface area contributed by atoms with Crippen molar-refractivity contribution >= 4 is 17.2 Å². The van der Waals surface area contributed by atoms with Crippen LogP contribution in [-0.2, 0) is 4.79 Å². The molecule has 12 heavy (non-hydrogen) atoms. The van der Waals surface area contributed by atoms with E-state index in [0.29, 0.717) is 0 Å². The minimum atomic E-state index is -0.00273. The van der Waals surface area contributed by atoms with Crippen LogP contribution in [0.15, 0.2) is 11.6 Å². The molecule has 0 bridgehead atoms. The summed E-state index contributed by atoms with van der Waals surface area (Å²) in [7, 11) is 0. The number of carbonyl (C=O) groups is 1. The normalized spacial score (nSPS) is 12.5. The van der Waals surface area contributed by atoms with Crippen LogP contribution >= 0.6 is 11.3 Å². The molecule has 66 valence electrons. The monoisotopic (exact) mass is 184 g/mol. The van der Waals surface area contributed by atoms with E-state index >= 15 is 0 Å². The zero-order valence-corrected chi connectivity index (χ0v) is 8.02. The Balaban J connectivity index is 2.63. The molecule has 4 heteroatoms. The highest BCUT2D eigenvalue weighted by molar-refractivity contribution is 7.09. The first-order valence-corrected chi connectivity index (χ1v) is 4.78. The number of rotatable bonds is 3. The van der Waals surface area contributed by atoms with Crippen LogP contribution < -0.4 is 5.32 Å². The SMILES string of the molecule is CCC(NC(C)=O)c1nccs1. The van der Waals surface area contributed by atoms with Gasteiger partial charge in [-0.25, -0.2) is 4.98 Å². The van der Waals surface area contributed by atoms with E-state index in [1.54, 1.807) is 17.5 Å². The molecular formula is C8H12N2OS. The van der Waals surface area contributed by atoms with E-state index in [1.807, 2.05) is 12.3 Å². The van der Waals surface area contributed by atoms with Gasteiger partial charge in [0.1, 0.15) is 5.01 Å². The van der Waals surface area contributed by atoms with Crippen LogP contribution in [0.1, 0.15) is 31.3 Å². The Labute approximate surface area is 75.8 Å². The third-order valence-electron chi connectivity index (χ3n) is 1.54. The van der Waals surface area contributed by atoms with Crippen molar-refractivity contribution in [2.75, 3.05) is 0 Å². The summed E-state index contributed by atoms with van der Waals surface area (Å²) in [5.74, 6) is -0.00273. The summed E-state index contributed by atoms with van der Waals surface area (Å²) in [6.07, 6.45) is 2.64. The third-order valence-corrected chi connectivity index (χ3v) is 2.42. The molecule has 0 saturated carbocycles. The predicted molar refractivity (Wildman–Crippen MR) is 49.0 cm³/mol. The zero-order chi connectivity index (χ0) is 8.97. The Kier molecular flexibility index (Phi) is 3.22. The molecule has 1 atom stereocenters. The molecule has 1 aromatic rings. The van der Waals surface area contributed by atoms with Crippen molar-refractivity contribution in [3.05, 3.63) is 16.6 Å². The highest BCUT2D eigenvalue weighted by Crippen LogP contribution is 2.18. The van der Waals surface area contributed by atoms with Crippen molar-refractivity contribution in [2.45, 2.75) is 26.3 Å². The number of carbonyl (C=O) groups excluding carboxylic acids is 1. The third kappa shape index (κ3) is 2.30.